The smallest absolute Gasteiger partial charge is 0.272 e. The molecule has 2 aliphatic rings. The van der Waals surface area contributed by atoms with Crippen LogP contribution < -0.4 is 10.1 Å². The minimum absolute atomic E-state index is 0.0754. The van der Waals surface area contributed by atoms with Gasteiger partial charge in [-0.2, -0.15) is 5.10 Å². The third-order valence-electron chi connectivity index (χ3n) is 5.30. The molecule has 1 aliphatic carbocycles. The van der Waals surface area contributed by atoms with Crippen LogP contribution >= 0.6 is 0 Å². The summed E-state index contributed by atoms with van der Waals surface area (Å²) in [4.78, 5) is 12.8. The van der Waals surface area contributed by atoms with Crippen molar-refractivity contribution in [1.29, 1.82) is 0 Å². The minimum Gasteiger partial charge on any atom is -0.488 e. The topological polar surface area (TPSA) is 56.2 Å². The number of rotatable bonds is 2. The first-order chi connectivity index (χ1) is 11.6. The molecule has 126 valence electrons. The van der Waals surface area contributed by atoms with E-state index in [-0.39, 0.29) is 11.9 Å². The Bertz CT molecular complexity index is 781. The Kier molecular flexibility index (Phi) is 3.79. The van der Waals surface area contributed by atoms with Crippen molar-refractivity contribution < 1.29 is 9.53 Å². The lowest BCUT2D eigenvalue weighted by Crippen LogP contribution is -2.41. The van der Waals surface area contributed by atoms with Gasteiger partial charge >= 0.3 is 0 Å². The number of ether oxygens (including phenoxy) is 1. The number of aromatic nitrogens is 2. The lowest BCUT2D eigenvalue weighted by Gasteiger charge is -2.29. The Morgan fingerprint density at radius 2 is 2.08 bits per heavy atom. The van der Waals surface area contributed by atoms with Gasteiger partial charge in [-0.15, -0.1) is 0 Å². The molecule has 1 N–H and O–H groups in total. The van der Waals surface area contributed by atoms with E-state index < -0.39 is 0 Å². The normalized spacial score (nSPS) is 22.2. The molecule has 2 aromatic rings. The van der Waals surface area contributed by atoms with Crippen molar-refractivity contribution in [2.24, 2.45) is 13.0 Å². The highest BCUT2D eigenvalue weighted by atomic mass is 16.5. The highest BCUT2D eigenvalue weighted by Gasteiger charge is 2.30. The van der Waals surface area contributed by atoms with Gasteiger partial charge < -0.3 is 10.1 Å². The first-order valence-corrected chi connectivity index (χ1v) is 8.74. The number of aryl methyl sites for hydroxylation is 1. The van der Waals surface area contributed by atoms with Crippen LogP contribution in [0.4, 0.5) is 0 Å². The average molecular weight is 325 g/mol. The molecule has 0 radical (unpaired) electrons. The Morgan fingerprint density at radius 3 is 2.92 bits per heavy atom. The van der Waals surface area contributed by atoms with Crippen molar-refractivity contribution in [3.05, 3.63) is 35.5 Å². The Balaban J connectivity index is 1.65. The largest absolute Gasteiger partial charge is 0.488 e. The number of carbonyl (C=O) groups is 1. The summed E-state index contributed by atoms with van der Waals surface area (Å²) in [5.74, 6) is 1.30. The molecule has 1 amide bonds. The van der Waals surface area contributed by atoms with Gasteiger partial charge in [0, 0.05) is 24.2 Å². The zero-order valence-corrected chi connectivity index (χ0v) is 14.2. The molecule has 1 aliphatic heterocycles. The number of hydrogen-bond acceptors (Lipinski definition) is 3. The zero-order valence-electron chi connectivity index (χ0n) is 14.2. The highest BCUT2D eigenvalue weighted by Crippen LogP contribution is 2.38. The maximum absolute atomic E-state index is 12.8. The number of nitrogens with zero attached hydrogens (tertiary/aromatic N) is 2. The van der Waals surface area contributed by atoms with Crippen LogP contribution in [-0.2, 0) is 13.7 Å². The number of para-hydroxylation sites is 1. The summed E-state index contributed by atoms with van der Waals surface area (Å²) >= 11 is 0. The molecule has 1 fully saturated rings. The minimum atomic E-state index is -0.0754. The Hall–Kier alpha value is -2.30. The maximum Gasteiger partial charge on any atom is 0.272 e. The monoisotopic (exact) mass is 325 g/mol. The Morgan fingerprint density at radius 1 is 1.29 bits per heavy atom. The van der Waals surface area contributed by atoms with Crippen LogP contribution in [0.25, 0.3) is 11.3 Å². The standard InChI is InChI=1S/C19H23N3O2/c1-12-7-3-5-9-15(12)20-19(23)17-14-11-24-16-10-6-4-8-13(16)18(14)22(2)21-17/h4,6,8,10,12,15H,3,5,7,9,11H2,1-2H3,(H,20,23)/t12-,15+/m1/s1. The highest BCUT2D eigenvalue weighted by molar-refractivity contribution is 5.96. The summed E-state index contributed by atoms with van der Waals surface area (Å²) in [5, 5.41) is 7.71. The summed E-state index contributed by atoms with van der Waals surface area (Å²) in [6.45, 7) is 2.61. The van der Waals surface area contributed by atoms with Crippen molar-refractivity contribution in [3.8, 4) is 17.0 Å². The molecule has 1 aromatic carbocycles. The van der Waals surface area contributed by atoms with Gasteiger partial charge in [-0.3, -0.25) is 9.48 Å². The lowest BCUT2D eigenvalue weighted by atomic mass is 9.86. The summed E-state index contributed by atoms with van der Waals surface area (Å²) in [7, 11) is 1.89. The third-order valence-corrected chi connectivity index (χ3v) is 5.30. The van der Waals surface area contributed by atoms with Gasteiger partial charge in [0.1, 0.15) is 12.4 Å². The first-order valence-electron chi connectivity index (χ1n) is 8.74. The van der Waals surface area contributed by atoms with Crippen LogP contribution in [-0.4, -0.2) is 21.7 Å². The van der Waals surface area contributed by atoms with E-state index >= 15 is 0 Å². The van der Waals surface area contributed by atoms with Gasteiger partial charge in [0.25, 0.3) is 5.91 Å². The fourth-order valence-electron chi connectivity index (χ4n) is 3.93. The van der Waals surface area contributed by atoms with E-state index in [0.717, 1.165) is 29.0 Å². The van der Waals surface area contributed by atoms with E-state index in [1.165, 1.54) is 19.3 Å². The molecule has 0 saturated heterocycles. The number of fused-ring (bicyclic) bond motifs is 3. The molecule has 2 atom stereocenters. The summed E-state index contributed by atoms with van der Waals surface area (Å²) in [6, 6.07) is 8.15. The molecule has 1 aromatic heterocycles. The number of hydrogen-bond donors (Lipinski definition) is 1. The second kappa shape index (κ2) is 5.96. The molecule has 1 saturated carbocycles. The van der Waals surface area contributed by atoms with Gasteiger partial charge in [0.15, 0.2) is 5.69 Å². The summed E-state index contributed by atoms with van der Waals surface area (Å²) < 4.78 is 7.63. The molecule has 5 nitrogen and oxygen atoms in total. The van der Waals surface area contributed by atoms with E-state index in [1.807, 2.05) is 31.3 Å². The SMILES string of the molecule is C[C@@H]1CCCC[C@@H]1NC(=O)c1nn(C)c2c1COc1ccccc1-2. The summed E-state index contributed by atoms with van der Waals surface area (Å²) in [6.07, 6.45) is 4.69. The first kappa shape index (κ1) is 15.2. The fraction of sp³-hybridized carbons (Fsp3) is 0.474. The molecule has 5 heteroatoms. The number of amides is 1. The van der Waals surface area contributed by atoms with E-state index in [0.29, 0.717) is 18.2 Å². The van der Waals surface area contributed by atoms with Crippen molar-refractivity contribution in [3.63, 3.8) is 0 Å². The van der Waals surface area contributed by atoms with Gasteiger partial charge in [-0.25, -0.2) is 0 Å². The van der Waals surface area contributed by atoms with Gasteiger partial charge in [-0.05, 0) is 30.9 Å². The average Bonchev–Trinajstić information content (AvgIpc) is 2.94. The zero-order chi connectivity index (χ0) is 16.7. The number of benzene rings is 1. The predicted molar refractivity (Wildman–Crippen MR) is 91.9 cm³/mol. The summed E-state index contributed by atoms with van der Waals surface area (Å²) in [5.41, 5.74) is 3.37. The third kappa shape index (κ3) is 2.48. The van der Waals surface area contributed by atoms with Crippen LogP contribution in [0.15, 0.2) is 24.3 Å². The molecule has 0 unspecified atom stereocenters. The molecular formula is C19H23N3O2. The van der Waals surface area contributed by atoms with E-state index in [4.69, 9.17) is 4.74 Å². The quantitative estimate of drug-likeness (QED) is 0.922. The van der Waals surface area contributed by atoms with Gasteiger partial charge in [0.05, 0.1) is 5.69 Å². The maximum atomic E-state index is 12.8. The van der Waals surface area contributed by atoms with Gasteiger partial charge in [-0.1, -0.05) is 31.9 Å². The van der Waals surface area contributed by atoms with E-state index in [1.54, 1.807) is 4.68 Å². The predicted octanol–water partition coefficient (Wildman–Crippen LogP) is 3.29. The molecular weight excluding hydrogens is 302 g/mol. The van der Waals surface area contributed by atoms with Crippen LogP contribution in [0, 0.1) is 5.92 Å². The van der Waals surface area contributed by atoms with Crippen molar-refractivity contribution >= 4 is 5.91 Å². The van der Waals surface area contributed by atoms with Crippen molar-refractivity contribution in [2.75, 3.05) is 0 Å². The molecule has 4 rings (SSSR count). The lowest BCUT2D eigenvalue weighted by molar-refractivity contribution is 0.0902. The van der Waals surface area contributed by atoms with Crippen molar-refractivity contribution in [1.82, 2.24) is 15.1 Å². The van der Waals surface area contributed by atoms with Crippen LogP contribution in [0.1, 0.15) is 48.7 Å². The van der Waals surface area contributed by atoms with E-state index in [9.17, 15) is 4.79 Å². The molecule has 0 spiro atoms. The van der Waals surface area contributed by atoms with Crippen LogP contribution in [0.3, 0.4) is 0 Å². The second-order valence-electron chi connectivity index (χ2n) is 6.93. The van der Waals surface area contributed by atoms with Crippen LogP contribution in [0.2, 0.25) is 0 Å². The molecule has 2 heterocycles. The Labute approximate surface area is 142 Å². The van der Waals surface area contributed by atoms with Gasteiger partial charge in [0.2, 0.25) is 0 Å². The fourth-order valence-corrected chi connectivity index (χ4v) is 3.93. The van der Waals surface area contributed by atoms with E-state index in [2.05, 4.69) is 17.3 Å². The second-order valence-corrected chi connectivity index (χ2v) is 6.93. The van der Waals surface area contributed by atoms with Crippen molar-refractivity contribution in [2.45, 2.75) is 45.3 Å². The molecule has 0 bridgehead atoms. The van der Waals surface area contributed by atoms with Crippen LogP contribution in [0.5, 0.6) is 5.75 Å². The number of nitrogens with one attached hydrogen (secondary N) is 1. The molecule has 24 heavy (non-hydrogen) atoms. The number of carbonyl (C=O) groups excluding carboxylic acids is 1.